The normalized spacial score (nSPS) is 12.4. The molecule has 0 unspecified atom stereocenters. The van der Waals surface area contributed by atoms with Crippen molar-refractivity contribution in [3.63, 3.8) is 0 Å². The van der Waals surface area contributed by atoms with E-state index in [1.54, 1.807) is 31.2 Å². The molecule has 0 saturated heterocycles. The Labute approximate surface area is 173 Å². The van der Waals surface area contributed by atoms with Crippen LogP contribution in [-0.2, 0) is 15.4 Å². The Balaban J connectivity index is 2.01. The number of hydrogen-bond donors (Lipinski definition) is 1. The molecule has 2 aromatic carbocycles. The van der Waals surface area contributed by atoms with Crippen molar-refractivity contribution in [3.8, 4) is 0 Å². The number of sulfonamides is 1. The van der Waals surface area contributed by atoms with Crippen molar-refractivity contribution in [2.75, 3.05) is 4.72 Å². The second-order valence-corrected chi connectivity index (χ2v) is 10.3. The molecule has 3 rings (SSSR count). The predicted octanol–water partition coefficient (Wildman–Crippen LogP) is 5.80. The average molecular weight is 464 g/mol. The molecular weight excluding hydrogens is 442 g/mol. The van der Waals surface area contributed by atoms with Crippen LogP contribution < -0.4 is 4.72 Å². The van der Waals surface area contributed by atoms with Gasteiger partial charge in [-0.3, -0.25) is 9.52 Å². The molecule has 1 heterocycles. The van der Waals surface area contributed by atoms with Crippen LogP contribution in [0.2, 0.25) is 0 Å². The second kappa shape index (κ2) is 7.04. The quantitative estimate of drug-likeness (QED) is 0.495. The van der Waals surface area contributed by atoms with E-state index >= 15 is 0 Å². The first-order valence-corrected chi connectivity index (χ1v) is 11.0. The maximum absolute atomic E-state index is 12.8. The minimum absolute atomic E-state index is 0.0617. The number of hydrogen-bond acceptors (Lipinski definition) is 4. The molecule has 0 aliphatic carbocycles. The zero-order valence-corrected chi connectivity index (χ0v) is 18.8. The van der Waals surface area contributed by atoms with Gasteiger partial charge in [-0.15, -0.1) is 0 Å². The Morgan fingerprint density at radius 3 is 2.25 bits per heavy atom. The van der Waals surface area contributed by atoms with E-state index in [0.29, 0.717) is 32.5 Å². The van der Waals surface area contributed by atoms with Gasteiger partial charge >= 0.3 is 0 Å². The van der Waals surface area contributed by atoms with Crippen molar-refractivity contribution in [2.24, 2.45) is 0 Å². The van der Waals surface area contributed by atoms with Crippen LogP contribution in [0.1, 0.15) is 49.4 Å². The van der Waals surface area contributed by atoms with Crippen LogP contribution in [0.4, 0.5) is 5.69 Å². The Morgan fingerprint density at radius 1 is 1.11 bits per heavy atom. The maximum Gasteiger partial charge on any atom is 0.261 e. The summed E-state index contributed by atoms with van der Waals surface area (Å²) in [5, 5.41) is 0.570. The van der Waals surface area contributed by atoms with Crippen molar-refractivity contribution in [2.45, 2.75) is 44.9 Å². The topological polar surface area (TPSA) is 76.4 Å². The van der Waals surface area contributed by atoms with Crippen molar-refractivity contribution >= 4 is 48.4 Å². The molecule has 0 atom stereocenters. The number of rotatable bonds is 4. The average Bonchev–Trinajstić information content (AvgIpc) is 2.90. The highest BCUT2D eigenvalue weighted by molar-refractivity contribution is 9.10. The number of Topliss-reactive ketones (excluding diaryl/α,β-unsaturated/α-hetero) is 1. The SMILES string of the molecule is CC(=O)c1c(C)oc2c(Br)cc(NS(=O)(=O)c3ccc(C(C)(C)C)cc3)cc12. The first-order valence-electron chi connectivity index (χ1n) is 8.77. The van der Waals surface area contributed by atoms with Gasteiger partial charge in [-0.05, 0) is 65.0 Å². The fourth-order valence-corrected chi connectivity index (χ4v) is 4.70. The molecule has 1 N–H and O–H groups in total. The highest BCUT2D eigenvalue weighted by atomic mass is 79.9. The fourth-order valence-electron chi connectivity index (χ4n) is 3.12. The Bertz CT molecular complexity index is 1170. The summed E-state index contributed by atoms with van der Waals surface area (Å²) < 4.78 is 34.5. The summed E-state index contributed by atoms with van der Waals surface area (Å²) in [6, 6.07) is 10.1. The Kier molecular flexibility index (Phi) is 5.18. The molecular formula is C21H22BrNO4S. The number of aryl methyl sites for hydroxylation is 1. The minimum Gasteiger partial charge on any atom is -0.459 e. The lowest BCUT2D eigenvalue weighted by atomic mass is 9.87. The molecule has 3 aromatic rings. The van der Waals surface area contributed by atoms with Gasteiger partial charge in [-0.2, -0.15) is 0 Å². The summed E-state index contributed by atoms with van der Waals surface area (Å²) in [5.74, 6) is 0.363. The first kappa shape index (κ1) is 20.6. The van der Waals surface area contributed by atoms with Crippen LogP contribution in [0.3, 0.4) is 0 Å². The number of benzene rings is 2. The molecule has 0 bridgehead atoms. The van der Waals surface area contributed by atoms with Crippen LogP contribution in [0.25, 0.3) is 11.0 Å². The zero-order chi connectivity index (χ0) is 20.9. The summed E-state index contributed by atoms with van der Waals surface area (Å²) >= 11 is 3.40. The minimum atomic E-state index is -3.77. The number of fused-ring (bicyclic) bond motifs is 1. The highest BCUT2D eigenvalue weighted by Gasteiger charge is 2.21. The third kappa shape index (κ3) is 3.86. The van der Waals surface area contributed by atoms with E-state index in [1.165, 1.54) is 6.92 Å². The fraction of sp³-hybridized carbons (Fsp3) is 0.286. The van der Waals surface area contributed by atoms with Crippen LogP contribution in [0, 0.1) is 6.92 Å². The van der Waals surface area contributed by atoms with Crippen LogP contribution in [0.5, 0.6) is 0 Å². The van der Waals surface area contributed by atoms with Crippen molar-refractivity contribution in [3.05, 3.63) is 57.8 Å². The lowest BCUT2D eigenvalue weighted by Gasteiger charge is -2.19. The van der Waals surface area contributed by atoms with E-state index in [4.69, 9.17) is 4.42 Å². The third-order valence-corrected chi connectivity index (χ3v) is 6.54. The summed E-state index contributed by atoms with van der Waals surface area (Å²) in [5.41, 5.74) is 2.30. The molecule has 0 amide bonds. The summed E-state index contributed by atoms with van der Waals surface area (Å²) in [6.45, 7) is 9.38. The van der Waals surface area contributed by atoms with Crippen LogP contribution in [0.15, 0.2) is 50.2 Å². The smallest absolute Gasteiger partial charge is 0.261 e. The molecule has 28 heavy (non-hydrogen) atoms. The molecule has 0 fully saturated rings. The standard InChI is InChI=1S/C21H22BrNO4S/c1-12(24)19-13(2)27-20-17(19)10-15(11-18(20)22)23-28(25,26)16-8-6-14(7-9-16)21(3,4)5/h6-11,23H,1-5H3. The number of halogens is 1. The van der Waals surface area contributed by atoms with Gasteiger partial charge in [0.05, 0.1) is 20.6 Å². The highest BCUT2D eigenvalue weighted by Crippen LogP contribution is 2.35. The lowest BCUT2D eigenvalue weighted by molar-refractivity contribution is 0.101. The van der Waals surface area contributed by atoms with Crippen molar-refractivity contribution in [1.29, 1.82) is 0 Å². The number of carbonyl (C=O) groups excluding carboxylic acids is 1. The largest absolute Gasteiger partial charge is 0.459 e. The second-order valence-electron chi connectivity index (χ2n) is 7.80. The molecule has 148 valence electrons. The molecule has 0 aliphatic heterocycles. The number of anilines is 1. The number of carbonyl (C=O) groups is 1. The molecule has 7 heteroatoms. The van der Waals surface area contributed by atoms with Crippen LogP contribution >= 0.6 is 15.9 Å². The first-order chi connectivity index (χ1) is 12.9. The summed E-state index contributed by atoms with van der Waals surface area (Å²) in [4.78, 5) is 12.1. The summed E-state index contributed by atoms with van der Waals surface area (Å²) in [7, 11) is -3.77. The van der Waals surface area contributed by atoms with Gasteiger partial charge < -0.3 is 4.42 Å². The monoisotopic (exact) mass is 463 g/mol. The van der Waals surface area contributed by atoms with E-state index in [-0.39, 0.29) is 16.1 Å². The van der Waals surface area contributed by atoms with Gasteiger partial charge in [0.1, 0.15) is 11.3 Å². The Hall–Kier alpha value is -2.12. The van der Waals surface area contributed by atoms with E-state index in [9.17, 15) is 13.2 Å². The van der Waals surface area contributed by atoms with Gasteiger partial charge in [0.15, 0.2) is 5.78 Å². The number of ketones is 1. The van der Waals surface area contributed by atoms with Crippen LogP contribution in [-0.4, -0.2) is 14.2 Å². The zero-order valence-electron chi connectivity index (χ0n) is 16.4. The molecule has 0 spiro atoms. The summed E-state index contributed by atoms with van der Waals surface area (Å²) in [6.07, 6.45) is 0. The Morgan fingerprint density at radius 2 is 1.71 bits per heavy atom. The van der Waals surface area contributed by atoms with Crippen molar-refractivity contribution < 1.29 is 17.6 Å². The molecule has 5 nitrogen and oxygen atoms in total. The maximum atomic E-state index is 12.8. The van der Waals surface area contributed by atoms with Gasteiger partial charge in [-0.25, -0.2) is 8.42 Å². The molecule has 0 aliphatic rings. The van der Waals surface area contributed by atoms with E-state index in [1.807, 2.05) is 12.1 Å². The van der Waals surface area contributed by atoms with E-state index < -0.39 is 10.0 Å². The number of nitrogens with one attached hydrogen (secondary N) is 1. The van der Waals surface area contributed by atoms with Gasteiger partial charge in [0.2, 0.25) is 0 Å². The van der Waals surface area contributed by atoms with Gasteiger partial charge in [-0.1, -0.05) is 32.9 Å². The van der Waals surface area contributed by atoms with Gasteiger partial charge in [0.25, 0.3) is 10.0 Å². The lowest BCUT2D eigenvalue weighted by Crippen LogP contribution is -2.15. The molecule has 0 saturated carbocycles. The predicted molar refractivity (Wildman–Crippen MR) is 115 cm³/mol. The third-order valence-electron chi connectivity index (χ3n) is 4.56. The van der Waals surface area contributed by atoms with E-state index in [2.05, 4.69) is 41.4 Å². The van der Waals surface area contributed by atoms with Crippen molar-refractivity contribution in [1.82, 2.24) is 0 Å². The van der Waals surface area contributed by atoms with E-state index in [0.717, 1.165) is 5.56 Å². The van der Waals surface area contributed by atoms with Gasteiger partial charge in [0, 0.05) is 5.39 Å². The molecule has 0 radical (unpaired) electrons. The number of furan rings is 1. The molecule has 1 aromatic heterocycles.